The maximum Gasteiger partial charge on any atom is 0.342 e. The summed E-state index contributed by atoms with van der Waals surface area (Å²) in [4.78, 5) is 73.0. The number of hydrogen-bond acceptors (Lipinski definition) is 7. The van der Waals surface area contributed by atoms with Gasteiger partial charge in [-0.2, -0.15) is 4.89 Å². The molecule has 0 aromatic carbocycles. The largest absolute Gasteiger partial charge is 0.352 e. The van der Waals surface area contributed by atoms with Gasteiger partial charge in [-0.1, -0.05) is 126 Å². The summed E-state index contributed by atoms with van der Waals surface area (Å²) in [5.41, 5.74) is 0. The first kappa shape index (κ1) is 45.3. The van der Waals surface area contributed by atoms with Gasteiger partial charge in [0, 0.05) is 12.5 Å². The quantitative estimate of drug-likeness (QED) is 0.0431. The SMILES string of the molecule is CCCCCCCCCCCCCCCC(=O)NC(C(=O)NC(C(=O)NC(C(=O)NC(C)CCC(=O)OOC)C(C)C)C(C)C)C(C)C. The Balaban J connectivity index is 4.82. The van der Waals surface area contributed by atoms with Gasteiger partial charge in [-0.3, -0.25) is 24.1 Å². The van der Waals surface area contributed by atoms with Crippen LogP contribution in [0, 0.1) is 17.8 Å². The molecule has 0 saturated carbocycles. The minimum atomic E-state index is -0.910. The highest BCUT2D eigenvalue weighted by molar-refractivity contribution is 5.94. The van der Waals surface area contributed by atoms with Crippen LogP contribution in [-0.2, 0) is 33.7 Å². The van der Waals surface area contributed by atoms with Crippen LogP contribution in [0.3, 0.4) is 0 Å². The van der Waals surface area contributed by atoms with Crippen molar-refractivity contribution in [2.75, 3.05) is 7.11 Å². The second-order valence-electron chi connectivity index (χ2n) is 14.3. The van der Waals surface area contributed by atoms with Crippen LogP contribution in [0.4, 0.5) is 0 Å². The fourth-order valence-electron chi connectivity index (χ4n) is 5.51. The van der Waals surface area contributed by atoms with Gasteiger partial charge in [0.15, 0.2) is 0 Å². The van der Waals surface area contributed by atoms with E-state index >= 15 is 0 Å². The molecule has 4 amide bonds. The highest BCUT2D eigenvalue weighted by Gasteiger charge is 2.33. The van der Waals surface area contributed by atoms with Gasteiger partial charge in [0.1, 0.15) is 18.1 Å². The van der Waals surface area contributed by atoms with Gasteiger partial charge >= 0.3 is 5.97 Å². The Morgan fingerprint density at radius 2 is 0.875 bits per heavy atom. The summed E-state index contributed by atoms with van der Waals surface area (Å²) in [5.74, 6) is -2.71. The topological polar surface area (TPSA) is 152 Å². The van der Waals surface area contributed by atoms with Crippen molar-refractivity contribution in [3.8, 4) is 0 Å². The molecule has 0 aromatic rings. The standard InChI is InChI=1S/C37H70N4O7/c1-10-11-12-13-14-15-16-17-18-19-20-21-22-23-30(42)39-32(26(2)3)36(45)41-34(28(6)7)37(46)40-33(27(4)5)35(44)38-29(8)24-25-31(43)48-47-9/h26-29,32-34H,10-25H2,1-9H3,(H,38,44)(H,39,42)(H,40,46)(H,41,45). The molecule has 11 nitrogen and oxygen atoms in total. The highest BCUT2D eigenvalue weighted by Crippen LogP contribution is 2.14. The van der Waals surface area contributed by atoms with Gasteiger partial charge in [-0.15, -0.1) is 0 Å². The van der Waals surface area contributed by atoms with Crippen LogP contribution >= 0.6 is 0 Å². The van der Waals surface area contributed by atoms with Crippen LogP contribution in [-0.4, -0.2) is 60.9 Å². The molecule has 4 atom stereocenters. The number of nitrogens with one attached hydrogen (secondary N) is 4. The molecule has 0 radical (unpaired) electrons. The zero-order valence-electron chi connectivity index (χ0n) is 31.7. The van der Waals surface area contributed by atoms with Gasteiger partial charge in [-0.25, -0.2) is 4.79 Å². The summed E-state index contributed by atoms with van der Waals surface area (Å²) in [6.07, 6.45) is 16.7. The molecule has 280 valence electrons. The van der Waals surface area contributed by atoms with E-state index in [2.05, 4.69) is 38.0 Å². The first-order valence-corrected chi connectivity index (χ1v) is 18.7. The van der Waals surface area contributed by atoms with E-state index in [4.69, 9.17) is 0 Å². The van der Waals surface area contributed by atoms with Crippen LogP contribution in [0.15, 0.2) is 0 Å². The van der Waals surface area contributed by atoms with Crippen molar-refractivity contribution in [3.05, 3.63) is 0 Å². The van der Waals surface area contributed by atoms with E-state index in [9.17, 15) is 24.0 Å². The number of unbranched alkanes of at least 4 members (excludes halogenated alkanes) is 12. The van der Waals surface area contributed by atoms with Crippen LogP contribution in [0.1, 0.15) is 158 Å². The molecular weight excluding hydrogens is 612 g/mol. The average molecular weight is 683 g/mol. The van der Waals surface area contributed by atoms with Crippen molar-refractivity contribution >= 4 is 29.6 Å². The van der Waals surface area contributed by atoms with E-state index < -0.39 is 35.9 Å². The molecule has 0 spiro atoms. The predicted octanol–water partition coefficient (Wildman–Crippen LogP) is 6.28. The van der Waals surface area contributed by atoms with Gasteiger partial charge in [0.05, 0.1) is 13.5 Å². The van der Waals surface area contributed by atoms with Gasteiger partial charge < -0.3 is 21.3 Å². The lowest BCUT2D eigenvalue weighted by molar-refractivity contribution is -0.255. The number of rotatable bonds is 28. The van der Waals surface area contributed by atoms with E-state index in [0.29, 0.717) is 12.8 Å². The molecule has 0 saturated heterocycles. The maximum atomic E-state index is 13.4. The van der Waals surface area contributed by atoms with Gasteiger partial charge in [0.25, 0.3) is 0 Å². The molecule has 0 heterocycles. The van der Waals surface area contributed by atoms with Crippen molar-refractivity contribution in [3.63, 3.8) is 0 Å². The van der Waals surface area contributed by atoms with Crippen LogP contribution < -0.4 is 21.3 Å². The normalized spacial score (nSPS) is 13.9. The minimum absolute atomic E-state index is 0.0579. The Morgan fingerprint density at radius 1 is 0.500 bits per heavy atom. The third kappa shape index (κ3) is 21.3. The van der Waals surface area contributed by atoms with Crippen molar-refractivity contribution in [2.24, 2.45) is 17.8 Å². The lowest BCUT2D eigenvalue weighted by atomic mass is 9.97. The Bertz CT molecular complexity index is 925. The smallest absolute Gasteiger partial charge is 0.342 e. The molecular formula is C37H70N4O7. The van der Waals surface area contributed by atoms with E-state index in [1.54, 1.807) is 6.92 Å². The van der Waals surface area contributed by atoms with E-state index in [1.807, 2.05) is 41.5 Å². The zero-order chi connectivity index (χ0) is 36.5. The number of carbonyl (C=O) groups excluding carboxylic acids is 5. The summed E-state index contributed by atoms with van der Waals surface area (Å²) in [6.45, 7) is 15.0. The molecule has 0 aromatic heterocycles. The number of hydrogen-bond donors (Lipinski definition) is 4. The molecule has 0 fully saturated rings. The first-order chi connectivity index (χ1) is 22.7. The summed E-state index contributed by atoms with van der Waals surface area (Å²) in [5, 5.41) is 11.4. The zero-order valence-corrected chi connectivity index (χ0v) is 31.7. The number of carbonyl (C=O) groups is 5. The van der Waals surface area contributed by atoms with Crippen LogP contribution in [0.2, 0.25) is 0 Å². The maximum absolute atomic E-state index is 13.4. The molecule has 0 aliphatic carbocycles. The third-order valence-electron chi connectivity index (χ3n) is 8.61. The molecule has 0 aliphatic rings. The Kier molecular flexibility index (Phi) is 25.6. The molecule has 0 bridgehead atoms. The first-order valence-electron chi connectivity index (χ1n) is 18.7. The fraction of sp³-hybridized carbons (Fsp3) is 0.865. The second kappa shape index (κ2) is 27.2. The molecule has 4 unspecified atom stereocenters. The summed E-state index contributed by atoms with van der Waals surface area (Å²) in [6, 6.07) is -2.91. The van der Waals surface area contributed by atoms with Gasteiger partial charge in [-0.05, 0) is 37.5 Å². The highest BCUT2D eigenvalue weighted by atomic mass is 17.2. The van der Waals surface area contributed by atoms with Crippen molar-refractivity contribution in [1.82, 2.24) is 21.3 Å². The lowest BCUT2D eigenvalue weighted by Crippen LogP contribution is -2.60. The second-order valence-corrected chi connectivity index (χ2v) is 14.3. The molecule has 11 heteroatoms. The van der Waals surface area contributed by atoms with E-state index in [1.165, 1.54) is 71.3 Å². The Morgan fingerprint density at radius 3 is 1.27 bits per heavy atom. The molecule has 48 heavy (non-hydrogen) atoms. The van der Waals surface area contributed by atoms with Crippen LogP contribution in [0.5, 0.6) is 0 Å². The Hall–Kier alpha value is -2.69. The predicted molar refractivity (Wildman–Crippen MR) is 191 cm³/mol. The van der Waals surface area contributed by atoms with E-state index in [0.717, 1.165) is 19.3 Å². The van der Waals surface area contributed by atoms with Crippen molar-refractivity contribution in [2.45, 2.75) is 182 Å². The summed E-state index contributed by atoms with van der Waals surface area (Å²) in [7, 11) is 1.24. The van der Waals surface area contributed by atoms with E-state index in [-0.39, 0.29) is 42.0 Å². The monoisotopic (exact) mass is 683 g/mol. The van der Waals surface area contributed by atoms with Gasteiger partial charge in [0.2, 0.25) is 23.6 Å². The summed E-state index contributed by atoms with van der Waals surface area (Å²) >= 11 is 0. The average Bonchev–Trinajstić information content (AvgIpc) is 3.01. The molecule has 4 N–H and O–H groups in total. The van der Waals surface area contributed by atoms with Crippen LogP contribution in [0.25, 0.3) is 0 Å². The summed E-state index contributed by atoms with van der Waals surface area (Å²) < 4.78 is 0. The lowest BCUT2D eigenvalue weighted by Gasteiger charge is -2.30. The number of amides is 4. The van der Waals surface area contributed by atoms with Crippen molar-refractivity contribution in [1.29, 1.82) is 0 Å². The Labute approximate surface area is 291 Å². The minimum Gasteiger partial charge on any atom is -0.352 e. The fourth-order valence-corrected chi connectivity index (χ4v) is 5.51. The van der Waals surface area contributed by atoms with Crippen molar-refractivity contribution < 1.29 is 33.7 Å². The molecule has 0 rings (SSSR count). The molecule has 0 aliphatic heterocycles. The third-order valence-corrected chi connectivity index (χ3v) is 8.61.